The fourth-order valence-electron chi connectivity index (χ4n) is 5.51. The van der Waals surface area contributed by atoms with Crippen molar-refractivity contribution in [2.24, 2.45) is 0 Å². The number of benzene rings is 2. The quantitative estimate of drug-likeness (QED) is 0.334. The summed E-state index contributed by atoms with van der Waals surface area (Å²) in [6.07, 6.45) is 1.59. The average molecular weight is 564 g/mol. The number of hydrogen-bond donors (Lipinski definition) is 1. The molecule has 9 nitrogen and oxygen atoms in total. The summed E-state index contributed by atoms with van der Waals surface area (Å²) in [5.41, 5.74) is 1.12. The van der Waals surface area contributed by atoms with Crippen LogP contribution in [0.2, 0.25) is 10.0 Å². The molecule has 0 fully saturated rings. The molecule has 11 heteroatoms. The Balaban J connectivity index is 1.71. The Kier molecular flexibility index (Phi) is 5.82. The lowest BCUT2D eigenvalue weighted by Gasteiger charge is -2.35. The molecule has 4 aromatic rings. The molecule has 0 unspecified atom stereocenters. The Morgan fingerprint density at radius 1 is 1.00 bits per heavy atom. The first-order chi connectivity index (χ1) is 18.7. The Morgan fingerprint density at radius 2 is 1.77 bits per heavy atom. The average Bonchev–Trinajstić information content (AvgIpc) is 3.52. The van der Waals surface area contributed by atoms with Gasteiger partial charge in [-0.2, -0.15) is 0 Å². The fraction of sp³-hybridized carbons (Fsp3) is 0.214. The number of rotatable bonds is 5. The smallest absolute Gasteiger partial charge is 0.280 e. The van der Waals surface area contributed by atoms with Crippen LogP contribution in [-0.4, -0.2) is 40.6 Å². The lowest BCUT2D eigenvalue weighted by molar-refractivity contribution is -0.119. The van der Waals surface area contributed by atoms with E-state index in [9.17, 15) is 9.59 Å². The highest BCUT2D eigenvalue weighted by Gasteiger charge is 2.64. The van der Waals surface area contributed by atoms with Gasteiger partial charge in [-0.25, -0.2) is 9.97 Å². The van der Waals surface area contributed by atoms with Gasteiger partial charge in [-0.3, -0.25) is 14.5 Å². The fourth-order valence-corrected chi connectivity index (χ4v) is 5.86. The number of imidazole rings is 1. The molecule has 1 N–H and O–H groups in total. The monoisotopic (exact) mass is 563 g/mol. The van der Waals surface area contributed by atoms with Crippen LogP contribution in [0.5, 0.6) is 11.6 Å². The predicted molar refractivity (Wildman–Crippen MR) is 148 cm³/mol. The minimum absolute atomic E-state index is 0.148. The van der Waals surface area contributed by atoms with E-state index in [2.05, 4.69) is 10.3 Å². The van der Waals surface area contributed by atoms with Crippen molar-refractivity contribution in [3.8, 4) is 23.0 Å². The van der Waals surface area contributed by atoms with E-state index in [1.54, 1.807) is 54.7 Å². The second kappa shape index (κ2) is 9.00. The van der Waals surface area contributed by atoms with Crippen molar-refractivity contribution in [3.63, 3.8) is 0 Å². The molecule has 0 aliphatic carbocycles. The molecule has 2 aliphatic heterocycles. The van der Waals surface area contributed by atoms with Gasteiger partial charge in [-0.05, 0) is 44.2 Å². The number of halogens is 2. The van der Waals surface area contributed by atoms with Crippen LogP contribution in [0.25, 0.3) is 11.4 Å². The summed E-state index contributed by atoms with van der Waals surface area (Å²) in [5, 5.41) is 3.84. The molecule has 0 radical (unpaired) electrons. The number of amides is 2. The summed E-state index contributed by atoms with van der Waals surface area (Å²) in [4.78, 5) is 39.2. The lowest BCUT2D eigenvalue weighted by atomic mass is 9.87. The Labute approximate surface area is 234 Å². The van der Waals surface area contributed by atoms with Crippen molar-refractivity contribution >= 4 is 46.4 Å². The molecule has 1 spiro atoms. The Hall–Kier alpha value is -4.08. The largest absolute Gasteiger partial charge is 0.496 e. The van der Waals surface area contributed by atoms with Gasteiger partial charge in [-0.1, -0.05) is 35.3 Å². The van der Waals surface area contributed by atoms with Crippen molar-refractivity contribution in [2.75, 3.05) is 24.4 Å². The molecular formula is C28H23Cl2N5O4. The van der Waals surface area contributed by atoms with Crippen molar-refractivity contribution < 1.29 is 19.1 Å². The van der Waals surface area contributed by atoms with E-state index < -0.39 is 17.4 Å². The predicted octanol–water partition coefficient (Wildman–Crippen LogP) is 5.71. The highest BCUT2D eigenvalue weighted by molar-refractivity contribution is 6.32. The van der Waals surface area contributed by atoms with Gasteiger partial charge in [0.15, 0.2) is 11.2 Å². The van der Waals surface area contributed by atoms with Gasteiger partial charge in [0, 0.05) is 45.3 Å². The van der Waals surface area contributed by atoms with Gasteiger partial charge >= 0.3 is 0 Å². The zero-order valence-electron chi connectivity index (χ0n) is 21.5. The maximum atomic E-state index is 14.3. The summed E-state index contributed by atoms with van der Waals surface area (Å²) in [6, 6.07) is 13.4. The van der Waals surface area contributed by atoms with Crippen LogP contribution in [0.4, 0.5) is 11.4 Å². The Morgan fingerprint density at radius 3 is 2.46 bits per heavy atom. The highest BCUT2D eigenvalue weighted by Crippen LogP contribution is 2.54. The normalized spacial score (nSPS) is 17.6. The van der Waals surface area contributed by atoms with E-state index in [1.807, 2.05) is 18.4 Å². The number of anilines is 2. The van der Waals surface area contributed by atoms with Crippen LogP contribution in [0.15, 0.2) is 54.7 Å². The van der Waals surface area contributed by atoms with Crippen molar-refractivity contribution in [1.82, 2.24) is 14.5 Å². The van der Waals surface area contributed by atoms with E-state index in [1.165, 1.54) is 19.1 Å². The maximum Gasteiger partial charge on any atom is 0.280 e. The minimum Gasteiger partial charge on any atom is -0.496 e. The molecule has 198 valence electrons. The molecule has 39 heavy (non-hydrogen) atoms. The number of nitrogens with one attached hydrogen (secondary N) is 1. The second-order valence-corrected chi connectivity index (χ2v) is 10.4. The number of methoxy groups -OCH3 is 2. The summed E-state index contributed by atoms with van der Waals surface area (Å²) in [6.45, 7) is 3.93. The number of carbonyl (C=O) groups is 2. The van der Waals surface area contributed by atoms with E-state index in [4.69, 9.17) is 37.7 Å². The SMILES string of the molecule is COc1cc(OC)c(-c2nc3c(n2C(C)C)[C@@]2(C(=O)Nc4cc(Cl)ccc42)N(c2cccc(Cl)c2)C3=O)cn1. The first kappa shape index (κ1) is 25.2. The van der Waals surface area contributed by atoms with Crippen LogP contribution in [0.1, 0.15) is 41.6 Å². The third-order valence-corrected chi connectivity index (χ3v) is 7.51. The zero-order valence-corrected chi connectivity index (χ0v) is 23.0. The van der Waals surface area contributed by atoms with Gasteiger partial charge in [0.2, 0.25) is 5.88 Å². The first-order valence-corrected chi connectivity index (χ1v) is 12.9. The third-order valence-electron chi connectivity index (χ3n) is 7.04. The van der Waals surface area contributed by atoms with E-state index in [0.29, 0.717) is 55.7 Å². The van der Waals surface area contributed by atoms with Crippen LogP contribution < -0.4 is 19.7 Å². The van der Waals surface area contributed by atoms with Gasteiger partial charge in [0.25, 0.3) is 11.8 Å². The topological polar surface area (TPSA) is 98.6 Å². The molecule has 0 saturated heterocycles. The number of aromatic nitrogens is 3. The van der Waals surface area contributed by atoms with Gasteiger partial charge in [0.1, 0.15) is 11.6 Å². The van der Waals surface area contributed by atoms with Crippen LogP contribution >= 0.6 is 23.2 Å². The van der Waals surface area contributed by atoms with E-state index in [0.717, 1.165) is 0 Å². The van der Waals surface area contributed by atoms with Crippen LogP contribution in [0, 0.1) is 0 Å². The van der Waals surface area contributed by atoms with Crippen molar-refractivity contribution in [2.45, 2.75) is 25.4 Å². The number of pyridine rings is 1. The van der Waals surface area contributed by atoms with Crippen molar-refractivity contribution in [1.29, 1.82) is 0 Å². The maximum absolute atomic E-state index is 14.3. The summed E-state index contributed by atoms with van der Waals surface area (Å²) >= 11 is 12.6. The van der Waals surface area contributed by atoms with Crippen LogP contribution in [-0.2, 0) is 10.3 Å². The molecule has 4 heterocycles. The number of nitrogens with zero attached hydrogens (tertiary/aromatic N) is 4. The molecule has 0 bridgehead atoms. The molecule has 1 atom stereocenters. The van der Waals surface area contributed by atoms with Crippen molar-refractivity contribution in [3.05, 3.63) is 81.7 Å². The standard InChI is InChI=1S/C28H23Cl2N5O4/c1-14(2)34-24-23(33-25(34)18-13-31-22(39-4)12-21(18)38-3)26(36)35(17-7-5-6-15(29)10-17)28(24)19-9-8-16(30)11-20(19)32-27(28)37/h5-14H,1-4H3,(H,32,37)/t28-/m0/s1. The number of carbonyl (C=O) groups excluding carboxylic acids is 2. The molecule has 2 aromatic carbocycles. The van der Waals surface area contributed by atoms with Gasteiger partial charge in [-0.15, -0.1) is 0 Å². The summed E-state index contributed by atoms with van der Waals surface area (Å²) in [7, 11) is 3.05. The third kappa shape index (κ3) is 3.46. The zero-order chi connectivity index (χ0) is 27.6. The first-order valence-electron chi connectivity index (χ1n) is 12.1. The highest BCUT2D eigenvalue weighted by atomic mass is 35.5. The Bertz CT molecular complexity index is 1680. The molecule has 2 aromatic heterocycles. The van der Waals surface area contributed by atoms with Crippen LogP contribution in [0.3, 0.4) is 0 Å². The molecule has 6 rings (SSSR count). The van der Waals surface area contributed by atoms with Gasteiger partial charge < -0.3 is 19.4 Å². The summed E-state index contributed by atoms with van der Waals surface area (Å²) < 4.78 is 12.8. The van der Waals surface area contributed by atoms with Gasteiger partial charge in [0.05, 0.1) is 25.5 Å². The molecule has 0 saturated carbocycles. The second-order valence-electron chi connectivity index (χ2n) is 9.50. The number of fused-ring (bicyclic) bond motifs is 4. The lowest BCUT2D eigenvalue weighted by Crippen LogP contribution is -2.51. The number of ether oxygens (including phenoxy) is 2. The molecule has 2 aliphatic rings. The summed E-state index contributed by atoms with van der Waals surface area (Å²) in [5.74, 6) is 0.428. The molecular weight excluding hydrogens is 541 g/mol. The van der Waals surface area contributed by atoms with E-state index in [-0.39, 0.29) is 11.7 Å². The number of hydrogen-bond acceptors (Lipinski definition) is 6. The minimum atomic E-state index is -1.57. The van der Waals surface area contributed by atoms with E-state index >= 15 is 0 Å². The molecule has 2 amide bonds.